The third-order valence-corrected chi connectivity index (χ3v) is 4.46. The van der Waals surface area contributed by atoms with Crippen molar-refractivity contribution < 1.29 is 28.2 Å². The minimum atomic E-state index is -0.515. The van der Waals surface area contributed by atoms with Crippen molar-refractivity contribution in [3.63, 3.8) is 0 Å². The number of para-hydroxylation sites is 1. The maximum absolute atomic E-state index is 12.3. The second kappa shape index (κ2) is 8.16. The van der Waals surface area contributed by atoms with E-state index in [1.165, 1.54) is 21.3 Å². The van der Waals surface area contributed by atoms with E-state index in [1.807, 2.05) is 24.3 Å². The number of aromatic amines is 1. The molecule has 30 heavy (non-hydrogen) atoms. The van der Waals surface area contributed by atoms with Gasteiger partial charge >= 0.3 is 5.97 Å². The minimum Gasteiger partial charge on any atom is -0.493 e. The van der Waals surface area contributed by atoms with Crippen LogP contribution in [-0.4, -0.2) is 42.5 Å². The van der Waals surface area contributed by atoms with Crippen molar-refractivity contribution in [1.82, 2.24) is 15.2 Å². The third-order valence-electron chi connectivity index (χ3n) is 4.46. The quantitative estimate of drug-likeness (QED) is 0.461. The van der Waals surface area contributed by atoms with Crippen molar-refractivity contribution in [2.24, 2.45) is 0 Å². The Balaban J connectivity index is 1.49. The van der Waals surface area contributed by atoms with Gasteiger partial charge in [-0.25, -0.2) is 4.79 Å². The summed E-state index contributed by atoms with van der Waals surface area (Å²) in [7, 11) is 4.56. The molecular formula is C21H19N3O6. The van der Waals surface area contributed by atoms with Crippen LogP contribution >= 0.6 is 0 Å². The van der Waals surface area contributed by atoms with Gasteiger partial charge in [0.1, 0.15) is 5.69 Å². The molecular weight excluding hydrogens is 390 g/mol. The van der Waals surface area contributed by atoms with E-state index >= 15 is 0 Å². The van der Waals surface area contributed by atoms with Crippen LogP contribution in [-0.2, 0) is 11.3 Å². The molecule has 0 bridgehead atoms. The second-order valence-electron chi connectivity index (χ2n) is 6.26. The summed E-state index contributed by atoms with van der Waals surface area (Å²) in [5, 5.41) is 8.87. The van der Waals surface area contributed by atoms with Gasteiger partial charge in [-0.05, 0) is 24.3 Å². The summed E-state index contributed by atoms with van der Waals surface area (Å²) < 4.78 is 26.9. The molecule has 4 rings (SSSR count). The third kappa shape index (κ3) is 3.64. The van der Waals surface area contributed by atoms with Gasteiger partial charge in [0.05, 0.1) is 21.3 Å². The van der Waals surface area contributed by atoms with Gasteiger partial charge in [0, 0.05) is 16.5 Å². The van der Waals surface area contributed by atoms with E-state index in [4.69, 9.17) is 23.4 Å². The lowest BCUT2D eigenvalue weighted by Crippen LogP contribution is -2.05. The highest BCUT2D eigenvalue weighted by Gasteiger charge is 2.18. The number of aromatic nitrogens is 3. The molecule has 2 heterocycles. The zero-order valence-corrected chi connectivity index (χ0v) is 16.6. The van der Waals surface area contributed by atoms with Gasteiger partial charge in [-0.1, -0.05) is 18.2 Å². The number of carbonyl (C=O) groups is 1. The number of hydrogen-bond donors (Lipinski definition) is 1. The van der Waals surface area contributed by atoms with Gasteiger partial charge in [0.15, 0.2) is 18.1 Å². The Kier molecular flexibility index (Phi) is 5.25. The number of benzene rings is 2. The Labute approximate surface area is 171 Å². The van der Waals surface area contributed by atoms with E-state index < -0.39 is 5.97 Å². The van der Waals surface area contributed by atoms with Gasteiger partial charge in [0.2, 0.25) is 11.6 Å². The van der Waals surface area contributed by atoms with E-state index in [9.17, 15) is 4.79 Å². The fourth-order valence-electron chi connectivity index (χ4n) is 3.02. The molecule has 9 nitrogen and oxygen atoms in total. The molecule has 0 amide bonds. The lowest BCUT2D eigenvalue weighted by Gasteiger charge is -2.12. The first-order chi connectivity index (χ1) is 14.6. The van der Waals surface area contributed by atoms with Gasteiger partial charge in [0.25, 0.3) is 5.89 Å². The number of ether oxygens (including phenoxy) is 4. The molecule has 4 aromatic rings. The number of H-pyrrole nitrogens is 1. The van der Waals surface area contributed by atoms with Crippen molar-refractivity contribution in [3.8, 4) is 28.7 Å². The van der Waals surface area contributed by atoms with E-state index in [-0.39, 0.29) is 18.4 Å². The molecule has 0 fully saturated rings. The Bertz CT molecular complexity index is 1140. The molecule has 2 aromatic carbocycles. The second-order valence-corrected chi connectivity index (χ2v) is 6.26. The summed E-state index contributed by atoms with van der Waals surface area (Å²) in [6.07, 6.45) is 0. The van der Waals surface area contributed by atoms with Gasteiger partial charge in [-0.15, -0.1) is 10.2 Å². The van der Waals surface area contributed by atoms with Crippen LogP contribution in [0.25, 0.3) is 22.4 Å². The minimum absolute atomic E-state index is 0.156. The Morgan fingerprint density at radius 2 is 1.73 bits per heavy atom. The molecule has 0 aliphatic heterocycles. The number of carbonyl (C=O) groups excluding carboxylic acids is 1. The van der Waals surface area contributed by atoms with Crippen LogP contribution < -0.4 is 14.2 Å². The van der Waals surface area contributed by atoms with Crippen LogP contribution in [0.3, 0.4) is 0 Å². The first-order valence-corrected chi connectivity index (χ1v) is 9.00. The predicted molar refractivity (Wildman–Crippen MR) is 107 cm³/mol. The number of esters is 1. The number of fused-ring (bicyclic) bond motifs is 1. The molecule has 2 aromatic heterocycles. The van der Waals surface area contributed by atoms with Crippen molar-refractivity contribution in [3.05, 3.63) is 54.0 Å². The summed E-state index contributed by atoms with van der Waals surface area (Å²) in [6.45, 7) is -0.161. The fourth-order valence-corrected chi connectivity index (χ4v) is 3.02. The van der Waals surface area contributed by atoms with Gasteiger partial charge in [-0.2, -0.15) is 0 Å². The highest BCUT2D eigenvalue weighted by atomic mass is 16.5. The molecule has 0 spiro atoms. The van der Waals surface area contributed by atoms with E-state index in [0.29, 0.717) is 28.5 Å². The van der Waals surface area contributed by atoms with Crippen LogP contribution in [0.2, 0.25) is 0 Å². The summed E-state index contributed by atoms with van der Waals surface area (Å²) >= 11 is 0. The number of rotatable bonds is 7. The highest BCUT2D eigenvalue weighted by molar-refractivity contribution is 5.94. The molecule has 154 valence electrons. The molecule has 0 saturated heterocycles. The molecule has 0 radical (unpaired) electrons. The molecule has 0 saturated carbocycles. The molecule has 0 aliphatic rings. The van der Waals surface area contributed by atoms with Crippen LogP contribution in [0.15, 0.2) is 46.9 Å². The van der Waals surface area contributed by atoms with Crippen molar-refractivity contribution >= 4 is 16.9 Å². The lowest BCUT2D eigenvalue weighted by atomic mass is 10.2. The molecule has 9 heteroatoms. The monoisotopic (exact) mass is 409 g/mol. The first-order valence-electron chi connectivity index (χ1n) is 9.00. The van der Waals surface area contributed by atoms with E-state index in [2.05, 4.69) is 15.2 Å². The summed E-state index contributed by atoms with van der Waals surface area (Å²) in [6, 6.07) is 12.7. The number of methoxy groups -OCH3 is 3. The number of hydrogen-bond acceptors (Lipinski definition) is 8. The first kappa shape index (κ1) is 19.3. The average Bonchev–Trinajstić information content (AvgIpc) is 3.43. The zero-order chi connectivity index (χ0) is 21.1. The summed E-state index contributed by atoms with van der Waals surface area (Å²) in [5.74, 6) is 1.23. The van der Waals surface area contributed by atoms with Crippen molar-refractivity contribution in [2.75, 3.05) is 21.3 Å². The predicted octanol–water partition coefficient (Wildman–Crippen LogP) is 3.60. The van der Waals surface area contributed by atoms with Gasteiger partial charge in [-0.3, -0.25) is 0 Å². The smallest absolute Gasteiger partial charge is 0.355 e. The van der Waals surface area contributed by atoms with E-state index in [0.717, 1.165) is 10.9 Å². The number of nitrogens with zero attached hydrogens (tertiary/aromatic N) is 2. The summed E-state index contributed by atoms with van der Waals surface area (Å²) in [5.41, 5.74) is 1.78. The van der Waals surface area contributed by atoms with Crippen LogP contribution in [0.4, 0.5) is 0 Å². The molecule has 1 N–H and O–H groups in total. The maximum atomic E-state index is 12.3. The van der Waals surface area contributed by atoms with Gasteiger partial charge < -0.3 is 28.3 Å². The SMILES string of the molecule is COc1cc(-c2nnc(COC(=O)c3cc4ccccc4[nH]3)o2)cc(OC)c1OC. The van der Waals surface area contributed by atoms with Crippen LogP contribution in [0.5, 0.6) is 17.2 Å². The Morgan fingerprint density at radius 3 is 2.40 bits per heavy atom. The standard InChI is InChI=1S/C21H19N3O6/c1-26-16-9-13(10-17(27-2)19(16)28-3)20-24-23-18(30-20)11-29-21(25)15-8-12-6-4-5-7-14(12)22-15/h4-10,22H,11H2,1-3H3. The highest BCUT2D eigenvalue weighted by Crippen LogP contribution is 2.40. The molecule has 0 atom stereocenters. The fraction of sp³-hybridized carbons (Fsp3) is 0.190. The largest absolute Gasteiger partial charge is 0.493 e. The van der Waals surface area contributed by atoms with Crippen molar-refractivity contribution in [1.29, 1.82) is 0 Å². The molecule has 0 aliphatic carbocycles. The lowest BCUT2D eigenvalue weighted by molar-refractivity contribution is 0.0433. The Hall–Kier alpha value is -4.01. The summed E-state index contributed by atoms with van der Waals surface area (Å²) in [4.78, 5) is 15.3. The molecule has 0 unspecified atom stereocenters. The topological polar surface area (TPSA) is 109 Å². The average molecular weight is 409 g/mol. The van der Waals surface area contributed by atoms with Crippen molar-refractivity contribution in [2.45, 2.75) is 6.61 Å². The van der Waals surface area contributed by atoms with Crippen LogP contribution in [0, 0.1) is 0 Å². The van der Waals surface area contributed by atoms with Crippen LogP contribution in [0.1, 0.15) is 16.4 Å². The Morgan fingerprint density at radius 1 is 1.00 bits per heavy atom. The van der Waals surface area contributed by atoms with E-state index in [1.54, 1.807) is 18.2 Å². The number of nitrogens with one attached hydrogen (secondary N) is 1. The zero-order valence-electron chi connectivity index (χ0n) is 16.6. The normalized spacial score (nSPS) is 10.8. The maximum Gasteiger partial charge on any atom is 0.355 e.